The number of rotatable bonds is 3. The standard InChI is InChI=1S/C10H15FN2/c1-12-9-5-4-8(7-13(2)3)10(11)6-9/h4-6,12H,7H2,1-3H3. The van der Waals surface area contributed by atoms with Crippen molar-refractivity contribution in [1.82, 2.24) is 4.90 Å². The number of halogens is 1. The minimum Gasteiger partial charge on any atom is -0.388 e. The Bertz CT molecular complexity index is 284. The molecule has 0 aliphatic rings. The molecule has 0 heterocycles. The number of hydrogen-bond acceptors (Lipinski definition) is 2. The molecule has 0 bridgehead atoms. The molecular weight excluding hydrogens is 167 g/mol. The van der Waals surface area contributed by atoms with Gasteiger partial charge in [0.25, 0.3) is 0 Å². The Hall–Kier alpha value is -1.09. The average Bonchev–Trinajstić information content (AvgIpc) is 2.08. The van der Waals surface area contributed by atoms with Crippen LogP contribution in [0.4, 0.5) is 10.1 Å². The zero-order valence-corrected chi connectivity index (χ0v) is 8.26. The van der Waals surface area contributed by atoms with E-state index >= 15 is 0 Å². The molecule has 0 spiro atoms. The Kier molecular flexibility index (Phi) is 3.25. The van der Waals surface area contributed by atoms with Crippen molar-refractivity contribution in [1.29, 1.82) is 0 Å². The first-order chi connectivity index (χ1) is 6.13. The fraction of sp³-hybridized carbons (Fsp3) is 0.400. The van der Waals surface area contributed by atoms with Crippen LogP contribution in [0.25, 0.3) is 0 Å². The van der Waals surface area contributed by atoms with E-state index in [9.17, 15) is 4.39 Å². The second kappa shape index (κ2) is 4.23. The zero-order chi connectivity index (χ0) is 9.84. The van der Waals surface area contributed by atoms with E-state index in [0.717, 1.165) is 11.3 Å². The number of nitrogens with one attached hydrogen (secondary N) is 1. The van der Waals surface area contributed by atoms with E-state index in [4.69, 9.17) is 0 Å². The molecule has 0 radical (unpaired) electrons. The topological polar surface area (TPSA) is 15.3 Å². The lowest BCUT2D eigenvalue weighted by Gasteiger charge is -2.11. The SMILES string of the molecule is CNc1ccc(CN(C)C)c(F)c1. The van der Waals surface area contributed by atoms with Crippen molar-refractivity contribution in [2.75, 3.05) is 26.5 Å². The summed E-state index contributed by atoms with van der Waals surface area (Å²) in [5.41, 5.74) is 1.53. The van der Waals surface area contributed by atoms with Crippen molar-refractivity contribution in [3.05, 3.63) is 29.6 Å². The van der Waals surface area contributed by atoms with Crippen molar-refractivity contribution >= 4 is 5.69 Å². The molecule has 0 saturated heterocycles. The highest BCUT2D eigenvalue weighted by molar-refractivity contribution is 5.44. The Morgan fingerprint density at radius 1 is 1.38 bits per heavy atom. The highest BCUT2D eigenvalue weighted by atomic mass is 19.1. The molecule has 1 aromatic rings. The Morgan fingerprint density at radius 2 is 2.08 bits per heavy atom. The number of nitrogens with zero attached hydrogens (tertiary/aromatic N) is 1. The normalized spacial score (nSPS) is 10.5. The van der Waals surface area contributed by atoms with Gasteiger partial charge in [0.2, 0.25) is 0 Å². The van der Waals surface area contributed by atoms with Crippen molar-refractivity contribution in [2.45, 2.75) is 6.54 Å². The second-order valence-electron chi connectivity index (χ2n) is 3.29. The van der Waals surface area contributed by atoms with Gasteiger partial charge in [0.05, 0.1) is 0 Å². The van der Waals surface area contributed by atoms with E-state index in [-0.39, 0.29) is 5.82 Å². The quantitative estimate of drug-likeness (QED) is 0.768. The van der Waals surface area contributed by atoms with Gasteiger partial charge in [0, 0.05) is 24.8 Å². The highest BCUT2D eigenvalue weighted by Gasteiger charge is 2.03. The molecule has 0 unspecified atom stereocenters. The predicted octanol–water partition coefficient (Wildman–Crippen LogP) is 1.93. The molecule has 0 fully saturated rings. The first-order valence-corrected chi connectivity index (χ1v) is 4.24. The summed E-state index contributed by atoms with van der Waals surface area (Å²) < 4.78 is 13.3. The van der Waals surface area contributed by atoms with Gasteiger partial charge in [0.1, 0.15) is 5.82 Å². The molecule has 1 aromatic carbocycles. The maximum absolute atomic E-state index is 13.3. The van der Waals surface area contributed by atoms with Crippen molar-refractivity contribution in [2.24, 2.45) is 0 Å². The van der Waals surface area contributed by atoms with Gasteiger partial charge in [-0.3, -0.25) is 0 Å². The largest absolute Gasteiger partial charge is 0.388 e. The van der Waals surface area contributed by atoms with Crippen LogP contribution in [0.2, 0.25) is 0 Å². The zero-order valence-electron chi connectivity index (χ0n) is 8.26. The summed E-state index contributed by atoms with van der Waals surface area (Å²) in [6.45, 7) is 0.635. The fourth-order valence-corrected chi connectivity index (χ4v) is 1.17. The smallest absolute Gasteiger partial charge is 0.129 e. The Balaban J connectivity index is 2.85. The van der Waals surface area contributed by atoms with Crippen LogP contribution in [0.5, 0.6) is 0 Å². The molecule has 0 aromatic heterocycles. The van der Waals surface area contributed by atoms with Crippen LogP contribution in [-0.2, 0) is 6.54 Å². The van der Waals surface area contributed by atoms with Gasteiger partial charge in [-0.1, -0.05) is 6.07 Å². The molecule has 13 heavy (non-hydrogen) atoms. The monoisotopic (exact) mass is 182 g/mol. The second-order valence-corrected chi connectivity index (χ2v) is 3.29. The summed E-state index contributed by atoms with van der Waals surface area (Å²) in [5.74, 6) is -0.152. The molecule has 0 atom stereocenters. The van der Waals surface area contributed by atoms with Gasteiger partial charge < -0.3 is 10.2 Å². The summed E-state index contributed by atoms with van der Waals surface area (Å²) in [6, 6.07) is 5.20. The third-order valence-corrected chi connectivity index (χ3v) is 1.83. The van der Waals surface area contributed by atoms with Gasteiger partial charge in [-0.25, -0.2) is 4.39 Å². The summed E-state index contributed by atoms with van der Waals surface area (Å²) in [5, 5.41) is 2.89. The Labute approximate surface area is 78.4 Å². The number of benzene rings is 1. The third kappa shape index (κ3) is 2.70. The molecule has 0 aliphatic carbocycles. The predicted molar refractivity (Wildman–Crippen MR) is 53.3 cm³/mol. The van der Waals surface area contributed by atoms with Gasteiger partial charge in [-0.2, -0.15) is 0 Å². The van der Waals surface area contributed by atoms with Gasteiger partial charge in [-0.15, -0.1) is 0 Å². The van der Waals surface area contributed by atoms with Gasteiger partial charge in [0.15, 0.2) is 0 Å². The maximum Gasteiger partial charge on any atom is 0.129 e. The minimum absolute atomic E-state index is 0.152. The molecule has 2 nitrogen and oxygen atoms in total. The molecule has 1 N–H and O–H groups in total. The van der Waals surface area contributed by atoms with E-state index < -0.39 is 0 Å². The van der Waals surface area contributed by atoms with E-state index in [1.165, 1.54) is 6.07 Å². The maximum atomic E-state index is 13.3. The van der Waals surface area contributed by atoms with E-state index in [0.29, 0.717) is 6.54 Å². The lowest BCUT2D eigenvalue weighted by atomic mass is 10.2. The first-order valence-electron chi connectivity index (χ1n) is 4.24. The summed E-state index contributed by atoms with van der Waals surface area (Å²) in [4.78, 5) is 1.94. The first kappa shape index (κ1) is 9.99. The van der Waals surface area contributed by atoms with Crippen LogP contribution in [0, 0.1) is 5.82 Å². The molecular formula is C10H15FN2. The fourth-order valence-electron chi connectivity index (χ4n) is 1.17. The van der Waals surface area contributed by atoms with E-state index in [2.05, 4.69) is 5.32 Å². The van der Waals surface area contributed by atoms with Crippen LogP contribution in [0.3, 0.4) is 0 Å². The molecule has 0 aliphatic heterocycles. The third-order valence-electron chi connectivity index (χ3n) is 1.83. The lowest BCUT2D eigenvalue weighted by molar-refractivity contribution is 0.392. The van der Waals surface area contributed by atoms with Crippen molar-refractivity contribution < 1.29 is 4.39 Å². The molecule has 1 rings (SSSR count). The van der Waals surface area contributed by atoms with Crippen LogP contribution in [0.1, 0.15) is 5.56 Å². The molecule has 72 valence electrons. The summed E-state index contributed by atoms with van der Waals surface area (Å²) in [6.07, 6.45) is 0. The summed E-state index contributed by atoms with van der Waals surface area (Å²) >= 11 is 0. The minimum atomic E-state index is -0.152. The molecule has 3 heteroatoms. The summed E-state index contributed by atoms with van der Waals surface area (Å²) in [7, 11) is 5.62. The molecule has 0 saturated carbocycles. The van der Waals surface area contributed by atoms with E-state index in [1.54, 1.807) is 13.1 Å². The highest BCUT2D eigenvalue weighted by Crippen LogP contribution is 2.14. The van der Waals surface area contributed by atoms with Crippen molar-refractivity contribution in [3.63, 3.8) is 0 Å². The van der Waals surface area contributed by atoms with Crippen LogP contribution in [-0.4, -0.2) is 26.0 Å². The number of anilines is 1. The Morgan fingerprint density at radius 3 is 2.54 bits per heavy atom. The number of hydrogen-bond donors (Lipinski definition) is 1. The van der Waals surface area contributed by atoms with Gasteiger partial charge in [-0.05, 0) is 26.2 Å². The van der Waals surface area contributed by atoms with Crippen LogP contribution in [0.15, 0.2) is 18.2 Å². The lowest BCUT2D eigenvalue weighted by Crippen LogP contribution is -2.11. The average molecular weight is 182 g/mol. The van der Waals surface area contributed by atoms with Crippen LogP contribution >= 0.6 is 0 Å². The molecule has 0 amide bonds. The van der Waals surface area contributed by atoms with Crippen molar-refractivity contribution in [3.8, 4) is 0 Å². The van der Waals surface area contributed by atoms with Crippen LogP contribution < -0.4 is 5.32 Å². The van der Waals surface area contributed by atoms with E-state index in [1.807, 2.05) is 25.1 Å². The van der Waals surface area contributed by atoms with Gasteiger partial charge >= 0.3 is 0 Å².